The van der Waals surface area contributed by atoms with Gasteiger partial charge in [-0.2, -0.15) is 0 Å². The quantitative estimate of drug-likeness (QED) is 0.552. The Morgan fingerprint density at radius 1 is 1.44 bits per heavy atom. The highest BCUT2D eigenvalue weighted by molar-refractivity contribution is 4.76. The van der Waals surface area contributed by atoms with E-state index < -0.39 is 0 Å². The molecule has 0 aliphatic heterocycles. The maximum atomic E-state index is 5.46. The van der Waals surface area contributed by atoms with Crippen molar-refractivity contribution in [3.05, 3.63) is 6.42 Å². The maximum absolute atomic E-state index is 5.46. The lowest BCUT2D eigenvalue weighted by atomic mass is 9.98. The van der Waals surface area contributed by atoms with Crippen molar-refractivity contribution in [1.29, 1.82) is 0 Å². The second kappa shape index (κ2) is 3.89. The van der Waals surface area contributed by atoms with Gasteiger partial charge in [0.1, 0.15) is 0 Å². The van der Waals surface area contributed by atoms with Crippen molar-refractivity contribution in [3.8, 4) is 0 Å². The van der Waals surface area contributed by atoms with Crippen LogP contribution in [0.3, 0.4) is 0 Å². The van der Waals surface area contributed by atoms with Crippen molar-refractivity contribution in [2.24, 2.45) is 0 Å². The zero-order valence-electron chi connectivity index (χ0n) is 6.10. The second-order valence-corrected chi connectivity index (χ2v) is 2.52. The van der Waals surface area contributed by atoms with Crippen LogP contribution in [0.1, 0.15) is 32.6 Å². The molecule has 0 aromatic rings. The molecule has 1 heteroatoms. The van der Waals surface area contributed by atoms with Gasteiger partial charge in [-0.25, -0.2) is 0 Å². The van der Waals surface area contributed by atoms with Crippen LogP contribution in [0.2, 0.25) is 0 Å². The van der Waals surface area contributed by atoms with E-state index in [2.05, 4.69) is 13.3 Å². The van der Waals surface area contributed by atoms with E-state index in [4.69, 9.17) is 4.74 Å². The zero-order valence-corrected chi connectivity index (χ0v) is 6.10. The van der Waals surface area contributed by atoms with E-state index >= 15 is 0 Å². The molecule has 0 aromatic carbocycles. The Balaban J connectivity index is 2.08. The Labute approximate surface area is 57.4 Å². The van der Waals surface area contributed by atoms with Gasteiger partial charge in [-0.3, -0.25) is 0 Å². The molecule has 1 aliphatic carbocycles. The number of hydrogen-bond acceptors (Lipinski definition) is 1. The van der Waals surface area contributed by atoms with Crippen LogP contribution in [0.5, 0.6) is 0 Å². The lowest BCUT2D eigenvalue weighted by Gasteiger charge is -2.20. The van der Waals surface area contributed by atoms with Gasteiger partial charge in [-0.1, -0.05) is 0 Å². The molecule has 1 aliphatic rings. The third-order valence-electron chi connectivity index (χ3n) is 1.79. The van der Waals surface area contributed by atoms with Crippen molar-refractivity contribution in [1.82, 2.24) is 0 Å². The highest BCUT2D eigenvalue weighted by Gasteiger charge is 2.11. The molecule has 0 aromatic heterocycles. The molecule has 0 unspecified atom stereocenters. The van der Waals surface area contributed by atoms with Gasteiger partial charge < -0.3 is 4.74 Å². The Hall–Kier alpha value is -0.0400. The molecule has 1 saturated carbocycles. The number of ether oxygens (including phenoxy) is 1. The predicted octanol–water partition coefficient (Wildman–Crippen LogP) is 2.17. The third kappa shape index (κ3) is 2.35. The van der Waals surface area contributed by atoms with E-state index in [-0.39, 0.29) is 0 Å². The Kier molecular flexibility index (Phi) is 3.05. The Morgan fingerprint density at radius 2 is 2.11 bits per heavy atom. The second-order valence-electron chi connectivity index (χ2n) is 2.52. The summed E-state index contributed by atoms with van der Waals surface area (Å²) in [6.45, 7) is 2.95. The average molecular weight is 127 g/mol. The van der Waals surface area contributed by atoms with Gasteiger partial charge in [0, 0.05) is 6.61 Å². The molecule has 0 spiro atoms. The van der Waals surface area contributed by atoms with E-state index in [0.717, 1.165) is 6.61 Å². The van der Waals surface area contributed by atoms with E-state index in [0.29, 0.717) is 6.10 Å². The fraction of sp³-hybridized carbons (Fsp3) is 0.875. The summed E-state index contributed by atoms with van der Waals surface area (Å²) in [5.74, 6) is 0. The minimum atomic E-state index is 0.569. The van der Waals surface area contributed by atoms with E-state index in [9.17, 15) is 0 Å². The van der Waals surface area contributed by atoms with Crippen LogP contribution < -0.4 is 0 Å². The van der Waals surface area contributed by atoms with Gasteiger partial charge in [0.05, 0.1) is 6.10 Å². The van der Waals surface area contributed by atoms with Crippen molar-refractivity contribution in [2.75, 3.05) is 6.61 Å². The Bertz CT molecular complexity index is 62.2. The topological polar surface area (TPSA) is 9.23 Å². The molecular formula is C8H15O. The van der Waals surface area contributed by atoms with Crippen LogP contribution >= 0.6 is 0 Å². The molecule has 1 nitrogen and oxygen atoms in total. The molecule has 0 heterocycles. The van der Waals surface area contributed by atoms with Gasteiger partial charge in [-0.15, -0.1) is 0 Å². The highest BCUT2D eigenvalue weighted by atomic mass is 16.5. The van der Waals surface area contributed by atoms with Crippen LogP contribution in [-0.4, -0.2) is 12.7 Å². The van der Waals surface area contributed by atoms with Crippen molar-refractivity contribution >= 4 is 0 Å². The third-order valence-corrected chi connectivity index (χ3v) is 1.79. The minimum absolute atomic E-state index is 0.569. The van der Waals surface area contributed by atoms with Crippen LogP contribution in [0.25, 0.3) is 0 Å². The summed E-state index contributed by atoms with van der Waals surface area (Å²) < 4.78 is 5.46. The van der Waals surface area contributed by atoms with Gasteiger partial charge in [0.25, 0.3) is 0 Å². The van der Waals surface area contributed by atoms with E-state index in [1.54, 1.807) is 0 Å². The first-order valence-corrected chi connectivity index (χ1v) is 3.86. The molecule has 1 rings (SSSR count). The number of rotatable bonds is 2. The molecule has 0 amide bonds. The Morgan fingerprint density at radius 3 is 2.67 bits per heavy atom. The molecule has 9 heavy (non-hydrogen) atoms. The monoisotopic (exact) mass is 127 g/mol. The van der Waals surface area contributed by atoms with Gasteiger partial charge >= 0.3 is 0 Å². The lowest BCUT2D eigenvalue weighted by molar-refractivity contribution is 0.0436. The summed E-state index contributed by atoms with van der Waals surface area (Å²) in [7, 11) is 0. The number of hydrogen-bond donors (Lipinski definition) is 0. The molecule has 53 valence electrons. The molecule has 0 bridgehead atoms. The first-order chi connectivity index (χ1) is 4.43. The largest absolute Gasteiger partial charge is 0.379 e. The lowest BCUT2D eigenvalue weighted by Crippen LogP contribution is -2.16. The fourth-order valence-corrected chi connectivity index (χ4v) is 1.30. The standard InChI is InChI=1S/C8H15O/c1-2-9-8-6-4-3-5-7-8/h3,8H,2,4-7H2,1H3. The normalized spacial score (nSPS) is 22.3. The van der Waals surface area contributed by atoms with Crippen LogP contribution in [0.4, 0.5) is 0 Å². The molecule has 0 saturated heterocycles. The van der Waals surface area contributed by atoms with Crippen LogP contribution in [0, 0.1) is 6.42 Å². The molecule has 0 N–H and O–H groups in total. The summed E-state index contributed by atoms with van der Waals surface area (Å²) in [4.78, 5) is 0. The van der Waals surface area contributed by atoms with Gasteiger partial charge in [-0.05, 0) is 39.0 Å². The van der Waals surface area contributed by atoms with E-state index in [1.165, 1.54) is 25.7 Å². The zero-order chi connectivity index (χ0) is 6.53. The molecule has 1 fully saturated rings. The van der Waals surface area contributed by atoms with Crippen molar-refractivity contribution in [2.45, 2.75) is 38.7 Å². The SMILES string of the molecule is CCOC1CC[CH]CC1. The van der Waals surface area contributed by atoms with E-state index in [1.807, 2.05) is 0 Å². The van der Waals surface area contributed by atoms with Crippen molar-refractivity contribution < 1.29 is 4.74 Å². The van der Waals surface area contributed by atoms with Gasteiger partial charge in [0.15, 0.2) is 0 Å². The van der Waals surface area contributed by atoms with Gasteiger partial charge in [0.2, 0.25) is 0 Å². The minimum Gasteiger partial charge on any atom is -0.379 e. The first kappa shape index (κ1) is 7.07. The molecule has 0 atom stereocenters. The fourth-order valence-electron chi connectivity index (χ4n) is 1.30. The average Bonchev–Trinajstić information content (AvgIpc) is 1.91. The van der Waals surface area contributed by atoms with Crippen LogP contribution in [-0.2, 0) is 4.74 Å². The van der Waals surface area contributed by atoms with Crippen LogP contribution in [0.15, 0.2) is 0 Å². The first-order valence-electron chi connectivity index (χ1n) is 3.86. The maximum Gasteiger partial charge on any atom is 0.0575 e. The summed E-state index contributed by atoms with van der Waals surface area (Å²) in [5, 5.41) is 0. The summed E-state index contributed by atoms with van der Waals surface area (Å²) in [6.07, 6.45) is 7.92. The van der Waals surface area contributed by atoms with Crippen molar-refractivity contribution in [3.63, 3.8) is 0 Å². The summed E-state index contributed by atoms with van der Waals surface area (Å²) >= 11 is 0. The highest BCUT2D eigenvalue weighted by Crippen LogP contribution is 2.18. The molecular weight excluding hydrogens is 112 g/mol. The predicted molar refractivity (Wildman–Crippen MR) is 38.2 cm³/mol. The summed E-state index contributed by atoms with van der Waals surface area (Å²) in [6, 6.07) is 0. The molecule has 1 radical (unpaired) electrons. The smallest absolute Gasteiger partial charge is 0.0575 e. The summed E-state index contributed by atoms with van der Waals surface area (Å²) in [5.41, 5.74) is 0.